The zero-order valence-electron chi connectivity index (χ0n) is 11.8. The van der Waals surface area contributed by atoms with Gasteiger partial charge in [0.15, 0.2) is 0 Å². The molecule has 0 fully saturated rings. The van der Waals surface area contributed by atoms with Crippen LogP contribution < -0.4 is 10.5 Å². The molecule has 108 valence electrons. The van der Waals surface area contributed by atoms with Gasteiger partial charge in [-0.2, -0.15) is 0 Å². The molecule has 0 aliphatic carbocycles. The molecule has 0 saturated carbocycles. The van der Waals surface area contributed by atoms with Gasteiger partial charge in [0.05, 0.1) is 10.4 Å². The van der Waals surface area contributed by atoms with Gasteiger partial charge in [0.25, 0.3) is 0 Å². The third kappa shape index (κ3) is 3.08. The van der Waals surface area contributed by atoms with Gasteiger partial charge in [-0.25, -0.2) is 18.1 Å². The van der Waals surface area contributed by atoms with Crippen molar-refractivity contribution >= 4 is 26.7 Å². The molecule has 0 radical (unpaired) electrons. The van der Waals surface area contributed by atoms with E-state index in [9.17, 15) is 8.42 Å². The van der Waals surface area contributed by atoms with E-state index in [1.807, 2.05) is 20.8 Å². The Labute approximate surface area is 119 Å². The van der Waals surface area contributed by atoms with Crippen LogP contribution in [0, 0.1) is 5.92 Å². The first-order chi connectivity index (χ1) is 9.29. The Kier molecular flexibility index (Phi) is 3.96. The van der Waals surface area contributed by atoms with Gasteiger partial charge in [0.2, 0.25) is 10.0 Å². The molecule has 1 atom stereocenters. The number of anilines is 1. The summed E-state index contributed by atoms with van der Waals surface area (Å²) in [6.07, 6.45) is 0. The van der Waals surface area contributed by atoms with Crippen molar-refractivity contribution in [2.24, 2.45) is 5.92 Å². The third-order valence-electron chi connectivity index (χ3n) is 3.33. The monoisotopic (exact) mass is 293 g/mol. The van der Waals surface area contributed by atoms with E-state index in [2.05, 4.69) is 9.71 Å². The summed E-state index contributed by atoms with van der Waals surface area (Å²) in [6.45, 7) is 5.80. The van der Waals surface area contributed by atoms with E-state index < -0.39 is 10.0 Å². The number of hydrogen-bond acceptors (Lipinski definition) is 4. The quantitative estimate of drug-likeness (QED) is 0.904. The van der Waals surface area contributed by atoms with E-state index in [-0.39, 0.29) is 16.9 Å². The zero-order valence-corrected chi connectivity index (χ0v) is 12.6. The minimum absolute atomic E-state index is 0.125. The Morgan fingerprint density at radius 3 is 2.50 bits per heavy atom. The second-order valence-corrected chi connectivity index (χ2v) is 6.96. The molecule has 6 heteroatoms. The number of sulfonamides is 1. The van der Waals surface area contributed by atoms with Crippen molar-refractivity contribution < 1.29 is 8.42 Å². The van der Waals surface area contributed by atoms with Gasteiger partial charge in [-0.15, -0.1) is 0 Å². The van der Waals surface area contributed by atoms with Crippen molar-refractivity contribution in [2.75, 3.05) is 5.73 Å². The van der Waals surface area contributed by atoms with Gasteiger partial charge in [0, 0.05) is 11.4 Å². The van der Waals surface area contributed by atoms with Crippen LogP contribution in [0.3, 0.4) is 0 Å². The summed E-state index contributed by atoms with van der Waals surface area (Å²) in [5.74, 6) is 0.645. The molecule has 3 N–H and O–H groups in total. The molecule has 5 nitrogen and oxygen atoms in total. The summed E-state index contributed by atoms with van der Waals surface area (Å²) < 4.78 is 27.3. The highest BCUT2D eigenvalue weighted by molar-refractivity contribution is 7.89. The maximum Gasteiger partial charge on any atom is 0.240 e. The van der Waals surface area contributed by atoms with E-state index in [0.29, 0.717) is 11.3 Å². The number of aromatic nitrogens is 1. The molecule has 0 bridgehead atoms. The van der Waals surface area contributed by atoms with Gasteiger partial charge < -0.3 is 5.73 Å². The van der Waals surface area contributed by atoms with Crippen LogP contribution in [0.25, 0.3) is 10.9 Å². The highest BCUT2D eigenvalue weighted by Crippen LogP contribution is 2.19. The van der Waals surface area contributed by atoms with Crippen LogP contribution in [0.2, 0.25) is 0 Å². The van der Waals surface area contributed by atoms with Gasteiger partial charge in [0.1, 0.15) is 5.82 Å². The minimum atomic E-state index is -3.52. The SMILES string of the molecule is CC(C)C(C)NS(=O)(=O)c1ccc2nc(N)ccc2c1. The molecule has 2 rings (SSSR count). The zero-order chi connectivity index (χ0) is 14.9. The highest BCUT2D eigenvalue weighted by atomic mass is 32.2. The lowest BCUT2D eigenvalue weighted by Crippen LogP contribution is -2.36. The van der Waals surface area contributed by atoms with Gasteiger partial charge >= 0.3 is 0 Å². The minimum Gasteiger partial charge on any atom is -0.384 e. The fourth-order valence-electron chi connectivity index (χ4n) is 1.74. The van der Waals surface area contributed by atoms with Gasteiger partial charge in [-0.1, -0.05) is 13.8 Å². The van der Waals surface area contributed by atoms with Gasteiger partial charge in [-0.3, -0.25) is 0 Å². The lowest BCUT2D eigenvalue weighted by molar-refractivity contribution is 0.476. The summed E-state index contributed by atoms with van der Waals surface area (Å²) in [7, 11) is -3.52. The maximum atomic E-state index is 12.3. The van der Waals surface area contributed by atoms with Gasteiger partial charge in [-0.05, 0) is 43.2 Å². The van der Waals surface area contributed by atoms with E-state index in [1.165, 1.54) is 0 Å². The average Bonchev–Trinajstić information content (AvgIpc) is 2.37. The Morgan fingerprint density at radius 1 is 1.15 bits per heavy atom. The van der Waals surface area contributed by atoms with E-state index in [1.54, 1.807) is 30.3 Å². The lowest BCUT2D eigenvalue weighted by Gasteiger charge is -2.17. The average molecular weight is 293 g/mol. The molecule has 1 aromatic carbocycles. The fraction of sp³-hybridized carbons (Fsp3) is 0.357. The van der Waals surface area contributed by atoms with Crippen molar-refractivity contribution in [3.05, 3.63) is 30.3 Å². The lowest BCUT2D eigenvalue weighted by atomic mass is 10.1. The molecule has 0 saturated heterocycles. The molecular formula is C14H19N3O2S. The molecule has 0 spiro atoms. The molecule has 1 aromatic heterocycles. The number of nitrogens with zero attached hydrogens (tertiary/aromatic N) is 1. The molecule has 20 heavy (non-hydrogen) atoms. The smallest absolute Gasteiger partial charge is 0.240 e. The number of benzene rings is 1. The summed E-state index contributed by atoms with van der Waals surface area (Å²) in [6, 6.07) is 8.12. The molecule has 1 unspecified atom stereocenters. The molecule has 0 amide bonds. The number of hydrogen-bond donors (Lipinski definition) is 2. The Bertz CT molecular complexity index is 726. The second kappa shape index (κ2) is 5.38. The van der Waals surface area contributed by atoms with Crippen molar-refractivity contribution in [1.82, 2.24) is 9.71 Å². The topological polar surface area (TPSA) is 85.1 Å². The molecular weight excluding hydrogens is 274 g/mol. The first kappa shape index (κ1) is 14.7. The summed E-state index contributed by atoms with van der Waals surface area (Å²) in [5, 5.41) is 0.749. The largest absolute Gasteiger partial charge is 0.384 e. The number of rotatable bonds is 4. The summed E-state index contributed by atoms with van der Waals surface area (Å²) >= 11 is 0. The van der Waals surface area contributed by atoms with E-state index in [0.717, 1.165) is 5.39 Å². The van der Waals surface area contributed by atoms with Crippen molar-refractivity contribution in [1.29, 1.82) is 0 Å². The first-order valence-corrected chi connectivity index (χ1v) is 7.96. The van der Waals surface area contributed by atoms with Crippen LogP contribution in [-0.2, 0) is 10.0 Å². The molecule has 2 aromatic rings. The predicted octanol–water partition coefficient (Wildman–Crippen LogP) is 2.14. The van der Waals surface area contributed by atoms with Crippen LogP contribution in [-0.4, -0.2) is 19.4 Å². The number of nitrogens with two attached hydrogens (primary N) is 1. The number of pyridine rings is 1. The number of nitrogens with one attached hydrogen (secondary N) is 1. The van der Waals surface area contributed by atoms with E-state index >= 15 is 0 Å². The van der Waals surface area contributed by atoms with E-state index in [4.69, 9.17) is 5.73 Å². The van der Waals surface area contributed by atoms with Crippen molar-refractivity contribution in [3.8, 4) is 0 Å². The molecule has 0 aliphatic rings. The first-order valence-electron chi connectivity index (χ1n) is 6.48. The highest BCUT2D eigenvalue weighted by Gasteiger charge is 2.19. The normalized spacial score (nSPS) is 13.8. The summed E-state index contributed by atoms with van der Waals surface area (Å²) in [5.41, 5.74) is 6.29. The predicted molar refractivity (Wildman–Crippen MR) is 80.8 cm³/mol. The molecule has 0 aliphatic heterocycles. The Morgan fingerprint density at radius 2 is 1.85 bits per heavy atom. The maximum absolute atomic E-state index is 12.3. The number of nitrogen functional groups attached to an aromatic ring is 1. The Hall–Kier alpha value is -1.66. The summed E-state index contributed by atoms with van der Waals surface area (Å²) in [4.78, 5) is 4.39. The van der Waals surface area contributed by atoms with Crippen molar-refractivity contribution in [2.45, 2.75) is 31.7 Å². The van der Waals surface area contributed by atoms with Crippen LogP contribution in [0.1, 0.15) is 20.8 Å². The third-order valence-corrected chi connectivity index (χ3v) is 4.89. The van der Waals surface area contributed by atoms with Crippen LogP contribution in [0.4, 0.5) is 5.82 Å². The van der Waals surface area contributed by atoms with Crippen LogP contribution in [0.15, 0.2) is 35.2 Å². The van der Waals surface area contributed by atoms with Crippen LogP contribution >= 0.6 is 0 Å². The van der Waals surface area contributed by atoms with Crippen molar-refractivity contribution in [3.63, 3.8) is 0 Å². The Balaban J connectivity index is 2.39. The second-order valence-electron chi connectivity index (χ2n) is 5.24. The standard InChI is InChI=1S/C14H19N3O2S/c1-9(2)10(3)17-20(18,19)12-5-6-13-11(8-12)4-7-14(15)16-13/h4-10,17H,1-3H3,(H2,15,16). The van der Waals surface area contributed by atoms with Crippen LogP contribution in [0.5, 0.6) is 0 Å². The number of fused-ring (bicyclic) bond motifs is 1. The molecule has 1 heterocycles. The fourth-order valence-corrected chi connectivity index (χ4v) is 3.16.